The van der Waals surface area contributed by atoms with E-state index in [0.29, 0.717) is 34.1 Å². The molecule has 2 atom stereocenters. The first-order chi connectivity index (χ1) is 19.1. The van der Waals surface area contributed by atoms with Crippen LogP contribution in [0.25, 0.3) is 11.1 Å². The topological polar surface area (TPSA) is 55.8 Å². The van der Waals surface area contributed by atoms with E-state index >= 15 is 8.78 Å². The maximum Gasteiger partial charge on any atom is 0.303 e. The molecule has 0 amide bonds. The van der Waals surface area contributed by atoms with Crippen molar-refractivity contribution in [3.63, 3.8) is 0 Å². The van der Waals surface area contributed by atoms with Gasteiger partial charge in [-0.2, -0.15) is 0 Å². The van der Waals surface area contributed by atoms with E-state index < -0.39 is 17.6 Å². The third kappa shape index (κ3) is 6.32. The van der Waals surface area contributed by atoms with Gasteiger partial charge in [0.15, 0.2) is 0 Å². The smallest absolute Gasteiger partial charge is 0.303 e. The van der Waals surface area contributed by atoms with Crippen molar-refractivity contribution in [2.45, 2.75) is 77.2 Å². The van der Waals surface area contributed by atoms with Crippen molar-refractivity contribution in [2.75, 3.05) is 7.11 Å². The summed E-state index contributed by atoms with van der Waals surface area (Å²) in [6.07, 6.45) is 6.30. The lowest BCUT2D eigenvalue weighted by Gasteiger charge is -2.30. The molecule has 5 rings (SSSR count). The van der Waals surface area contributed by atoms with E-state index in [4.69, 9.17) is 9.47 Å². The van der Waals surface area contributed by atoms with Crippen molar-refractivity contribution in [1.29, 1.82) is 0 Å². The molecule has 0 bridgehead atoms. The molecular formula is C34H38F2O4. The van der Waals surface area contributed by atoms with Crippen molar-refractivity contribution < 1.29 is 28.2 Å². The lowest BCUT2D eigenvalue weighted by atomic mass is 9.75. The Morgan fingerprint density at radius 3 is 2.48 bits per heavy atom. The standard InChI is InChI=1S/C34H38F2O4/c1-34(2)13-5-8-30(34)28-16-24(32(36)19-27(28)29-18-25(39-3)11-12-31(29)35)20-40-26-7-4-6-22(15-26)23(17-33(37)38)14-21-9-10-21/h4,6-7,11-12,15-16,18-19,21,23,30H,5,8-10,13-14,17,20H2,1-3H3,(H,37,38)/t23-,30-/m0/s1. The summed E-state index contributed by atoms with van der Waals surface area (Å²) in [4.78, 5) is 11.5. The van der Waals surface area contributed by atoms with Crippen molar-refractivity contribution in [1.82, 2.24) is 0 Å². The van der Waals surface area contributed by atoms with Crippen LogP contribution in [0.4, 0.5) is 8.78 Å². The van der Waals surface area contributed by atoms with Gasteiger partial charge < -0.3 is 14.6 Å². The largest absolute Gasteiger partial charge is 0.497 e. The number of rotatable bonds is 11. The normalized spacial score (nSPS) is 18.9. The van der Waals surface area contributed by atoms with Gasteiger partial charge in [-0.1, -0.05) is 45.2 Å². The molecule has 4 nitrogen and oxygen atoms in total. The predicted octanol–water partition coefficient (Wildman–Crippen LogP) is 8.87. The SMILES string of the molecule is COc1ccc(F)c(-c2cc(F)c(COc3cccc([C@H](CC(=O)O)CC4CC4)c3)cc2[C@@H]2CCCC2(C)C)c1. The van der Waals surface area contributed by atoms with Crippen LogP contribution in [0.1, 0.15) is 87.3 Å². The van der Waals surface area contributed by atoms with Crippen LogP contribution in [0.3, 0.4) is 0 Å². The molecule has 0 saturated heterocycles. The van der Waals surface area contributed by atoms with Crippen molar-refractivity contribution in [3.05, 3.63) is 82.9 Å². The molecule has 0 heterocycles. The lowest BCUT2D eigenvalue weighted by molar-refractivity contribution is -0.137. The molecule has 6 heteroatoms. The van der Waals surface area contributed by atoms with Crippen LogP contribution in [0, 0.1) is 23.0 Å². The number of hydrogen-bond acceptors (Lipinski definition) is 3. The minimum Gasteiger partial charge on any atom is -0.497 e. The zero-order valence-corrected chi connectivity index (χ0v) is 23.5. The van der Waals surface area contributed by atoms with Crippen LogP contribution in [-0.4, -0.2) is 18.2 Å². The number of carbonyl (C=O) groups is 1. The van der Waals surface area contributed by atoms with Crippen LogP contribution in [0.2, 0.25) is 0 Å². The number of ether oxygens (including phenoxy) is 2. The van der Waals surface area contributed by atoms with Gasteiger partial charge in [0, 0.05) is 11.1 Å². The molecule has 0 aliphatic heterocycles. The van der Waals surface area contributed by atoms with Gasteiger partial charge in [0.1, 0.15) is 29.7 Å². The minimum absolute atomic E-state index is 0.00487. The summed E-state index contributed by atoms with van der Waals surface area (Å²) in [6, 6.07) is 15.4. The highest BCUT2D eigenvalue weighted by molar-refractivity contribution is 5.71. The van der Waals surface area contributed by atoms with Gasteiger partial charge in [0.2, 0.25) is 0 Å². The monoisotopic (exact) mass is 548 g/mol. The van der Waals surface area contributed by atoms with Crippen LogP contribution in [0.15, 0.2) is 54.6 Å². The van der Waals surface area contributed by atoms with Crippen LogP contribution in [-0.2, 0) is 11.4 Å². The molecule has 2 aliphatic rings. The Labute approximate surface area is 235 Å². The molecule has 0 spiro atoms. The van der Waals surface area contributed by atoms with E-state index in [-0.39, 0.29) is 30.3 Å². The Morgan fingerprint density at radius 1 is 1.00 bits per heavy atom. The number of methoxy groups -OCH3 is 1. The molecule has 1 N–H and O–H groups in total. The summed E-state index contributed by atoms with van der Waals surface area (Å²) in [5, 5.41) is 9.43. The van der Waals surface area contributed by atoms with Crippen molar-refractivity contribution in [3.8, 4) is 22.6 Å². The summed E-state index contributed by atoms with van der Waals surface area (Å²) < 4.78 is 42.1. The highest BCUT2D eigenvalue weighted by Crippen LogP contribution is 2.51. The second kappa shape index (κ2) is 11.6. The number of carboxylic acid groups (broad SMARTS) is 1. The summed E-state index contributed by atoms with van der Waals surface area (Å²) in [6.45, 7) is 4.45. The molecule has 2 fully saturated rings. The van der Waals surface area contributed by atoms with E-state index in [1.165, 1.54) is 19.2 Å². The first-order valence-corrected chi connectivity index (χ1v) is 14.3. The summed E-state index contributed by atoms with van der Waals surface area (Å²) in [5.41, 5.74) is 3.15. The Kier molecular flexibility index (Phi) is 8.16. The molecule has 0 radical (unpaired) electrons. The Morgan fingerprint density at radius 2 is 1.80 bits per heavy atom. The summed E-state index contributed by atoms with van der Waals surface area (Å²) in [7, 11) is 1.53. The number of benzene rings is 3. The minimum atomic E-state index is -0.811. The zero-order chi connectivity index (χ0) is 28.4. The van der Waals surface area contributed by atoms with E-state index in [2.05, 4.69) is 13.8 Å². The van der Waals surface area contributed by atoms with E-state index in [0.717, 1.165) is 49.7 Å². The van der Waals surface area contributed by atoms with Gasteiger partial charge in [-0.05, 0) is 102 Å². The van der Waals surface area contributed by atoms with Gasteiger partial charge in [0.25, 0.3) is 0 Å². The van der Waals surface area contributed by atoms with Crippen molar-refractivity contribution >= 4 is 5.97 Å². The highest BCUT2D eigenvalue weighted by atomic mass is 19.1. The zero-order valence-electron chi connectivity index (χ0n) is 23.5. The van der Waals surface area contributed by atoms with Crippen molar-refractivity contribution in [2.24, 2.45) is 11.3 Å². The molecule has 212 valence electrons. The molecule has 40 heavy (non-hydrogen) atoms. The van der Waals surface area contributed by atoms with Crippen LogP contribution in [0.5, 0.6) is 11.5 Å². The van der Waals surface area contributed by atoms with Gasteiger partial charge in [-0.15, -0.1) is 0 Å². The first kappa shape index (κ1) is 28.1. The fourth-order valence-electron chi connectivity index (χ4n) is 6.33. The van der Waals surface area contributed by atoms with Crippen LogP contribution >= 0.6 is 0 Å². The molecule has 2 aliphatic carbocycles. The first-order valence-electron chi connectivity index (χ1n) is 14.3. The van der Waals surface area contributed by atoms with Gasteiger partial charge in [0.05, 0.1) is 13.5 Å². The third-order valence-corrected chi connectivity index (χ3v) is 8.77. The average Bonchev–Trinajstić information content (AvgIpc) is 3.67. The Balaban J connectivity index is 1.45. The second-order valence-electron chi connectivity index (χ2n) is 12.1. The maximum absolute atomic E-state index is 15.6. The van der Waals surface area contributed by atoms with E-state index in [9.17, 15) is 9.90 Å². The summed E-state index contributed by atoms with van der Waals surface area (Å²) in [5.74, 6) is 0.0830. The lowest BCUT2D eigenvalue weighted by Crippen LogP contribution is -2.17. The fourth-order valence-corrected chi connectivity index (χ4v) is 6.33. The number of hydrogen-bond donors (Lipinski definition) is 1. The molecule has 0 unspecified atom stereocenters. The third-order valence-electron chi connectivity index (χ3n) is 8.77. The number of aliphatic carboxylic acids is 1. The van der Waals surface area contributed by atoms with E-state index in [1.807, 2.05) is 30.3 Å². The Bertz CT molecular complexity index is 1380. The molecule has 2 saturated carbocycles. The average molecular weight is 549 g/mol. The predicted molar refractivity (Wildman–Crippen MR) is 152 cm³/mol. The molecule has 0 aromatic heterocycles. The van der Waals surface area contributed by atoms with Gasteiger partial charge in [-0.3, -0.25) is 4.79 Å². The Hall–Kier alpha value is -3.41. The fraction of sp³-hybridized carbons (Fsp3) is 0.441. The maximum atomic E-state index is 15.6. The van der Waals surface area contributed by atoms with E-state index in [1.54, 1.807) is 12.1 Å². The number of halogens is 2. The molecular weight excluding hydrogens is 510 g/mol. The van der Waals surface area contributed by atoms with Gasteiger partial charge >= 0.3 is 5.97 Å². The number of carboxylic acids is 1. The molecule has 3 aromatic carbocycles. The van der Waals surface area contributed by atoms with Crippen LogP contribution < -0.4 is 9.47 Å². The second-order valence-corrected chi connectivity index (χ2v) is 12.1. The molecule has 3 aromatic rings. The van der Waals surface area contributed by atoms with Gasteiger partial charge in [-0.25, -0.2) is 8.78 Å². The quantitative estimate of drug-likeness (QED) is 0.260. The summed E-state index contributed by atoms with van der Waals surface area (Å²) >= 11 is 0. The highest BCUT2D eigenvalue weighted by Gasteiger charge is 2.37.